The average molecular weight is 263 g/mol. The molecule has 0 aliphatic rings. The van der Waals surface area contributed by atoms with Gasteiger partial charge >= 0.3 is 5.97 Å². The Morgan fingerprint density at radius 3 is 2.71 bits per heavy atom. The molecule has 1 unspecified atom stereocenters. The Morgan fingerprint density at radius 1 is 1.57 bits per heavy atom. The maximum absolute atomic E-state index is 12.8. The van der Waals surface area contributed by atoms with Crippen LogP contribution < -0.4 is 0 Å². The summed E-state index contributed by atoms with van der Waals surface area (Å²) in [5.74, 6) is -1.55. The Balaban J connectivity index is 2.85. The third-order valence-electron chi connectivity index (χ3n) is 1.70. The van der Waals surface area contributed by atoms with Crippen molar-refractivity contribution in [2.45, 2.75) is 12.5 Å². The molecule has 3 nitrogen and oxygen atoms in total. The van der Waals surface area contributed by atoms with Crippen LogP contribution in [0.4, 0.5) is 4.39 Å². The molecule has 0 aromatic heterocycles. The number of hydrogen-bond acceptors (Lipinski definition) is 2. The molecule has 0 aliphatic carbocycles. The van der Waals surface area contributed by atoms with E-state index in [0.29, 0.717) is 5.56 Å². The van der Waals surface area contributed by atoms with E-state index in [4.69, 9.17) is 5.11 Å². The van der Waals surface area contributed by atoms with Gasteiger partial charge in [-0.15, -0.1) is 0 Å². The van der Waals surface area contributed by atoms with Crippen molar-refractivity contribution in [3.05, 3.63) is 34.1 Å². The zero-order chi connectivity index (χ0) is 10.7. The standard InChI is InChI=1S/C9H8BrFO3/c10-6-3-5(1-2-7(6)11)8(12)4-9(13)14/h1-3,8,12H,4H2,(H,13,14). The number of carboxylic acids is 1. The van der Waals surface area contributed by atoms with Gasteiger partial charge in [0.2, 0.25) is 0 Å². The van der Waals surface area contributed by atoms with Crippen molar-refractivity contribution in [3.63, 3.8) is 0 Å². The fourth-order valence-electron chi connectivity index (χ4n) is 1.00. The summed E-state index contributed by atoms with van der Waals surface area (Å²) < 4.78 is 13.0. The van der Waals surface area contributed by atoms with Crippen LogP contribution in [0.2, 0.25) is 0 Å². The Morgan fingerprint density at radius 2 is 2.21 bits per heavy atom. The SMILES string of the molecule is O=C(O)CC(O)c1ccc(F)c(Br)c1. The first kappa shape index (κ1) is 11.1. The number of carbonyl (C=O) groups is 1. The van der Waals surface area contributed by atoms with Gasteiger partial charge in [0.1, 0.15) is 5.82 Å². The van der Waals surface area contributed by atoms with Crippen LogP contribution in [0.5, 0.6) is 0 Å². The van der Waals surface area contributed by atoms with E-state index in [-0.39, 0.29) is 4.47 Å². The lowest BCUT2D eigenvalue weighted by molar-refractivity contribution is -0.139. The summed E-state index contributed by atoms with van der Waals surface area (Å²) >= 11 is 2.95. The van der Waals surface area contributed by atoms with Crippen LogP contribution in [0.15, 0.2) is 22.7 Å². The van der Waals surface area contributed by atoms with Crippen molar-refractivity contribution in [3.8, 4) is 0 Å². The second-order valence-electron chi connectivity index (χ2n) is 2.79. The second kappa shape index (κ2) is 4.52. The normalized spacial score (nSPS) is 12.5. The molecule has 0 amide bonds. The van der Waals surface area contributed by atoms with Crippen molar-refractivity contribution < 1.29 is 19.4 Å². The molecule has 0 fully saturated rings. The molecule has 14 heavy (non-hydrogen) atoms. The number of halogens is 2. The highest BCUT2D eigenvalue weighted by atomic mass is 79.9. The smallest absolute Gasteiger partial charge is 0.306 e. The molecule has 0 bridgehead atoms. The molecular weight excluding hydrogens is 255 g/mol. The fraction of sp³-hybridized carbons (Fsp3) is 0.222. The van der Waals surface area contributed by atoms with Crippen molar-refractivity contribution >= 4 is 21.9 Å². The van der Waals surface area contributed by atoms with Gasteiger partial charge in [0.05, 0.1) is 17.0 Å². The number of aliphatic hydroxyl groups excluding tert-OH is 1. The van der Waals surface area contributed by atoms with E-state index in [1.54, 1.807) is 0 Å². The molecule has 1 rings (SSSR count). The highest BCUT2D eigenvalue weighted by molar-refractivity contribution is 9.10. The van der Waals surface area contributed by atoms with Gasteiger partial charge < -0.3 is 10.2 Å². The highest BCUT2D eigenvalue weighted by Gasteiger charge is 2.13. The van der Waals surface area contributed by atoms with Gasteiger partial charge in [0.15, 0.2) is 0 Å². The summed E-state index contributed by atoms with van der Waals surface area (Å²) in [5, 5.41) is 17.8. The van der Waals surface area contributed by atoms with E-state index in [0.717, 1.165) is 0 Å². The first-order chi connectivity index (χ1) is 6.50. The zero-order valence-corrected chi connectivity index (χ0v) is 8.66. The third-order valence-corrected chi connectivity index (χ3v) is 2.30. The summed E-state index contributed by atoms with van der Waals surface area (Å²) in [5.41, 5.74) is 0.376. The van der Waals surface area contributed by atoms with E-state index in [1.165, 1.54) is 18.2 Å². The highest BCUT2D eigenvalue weighted by Crippen LogP contribution is 2.22. The molecule has 0 aliphatic heterocycles. The van der Waals surface area contributed by atoms with Crippen molar-refractivity contribution in [1.29, 1.82) is 0 Å². The number of rotatable bonds is 3. The minimum atomic E-state index is -1.11. The van der Waals surface area contributed by atoms with Crippen LogP contribution in [0.1, 0.15) is 18.1 Å². The number of benzene rings is 1. The lowest BCUT2D eigenvalue weighted by Crippen LogP contribution is -2.05. The van der Waals surface area contributed by atoms with Gasteiger partial charge in [-0.3, -0.25) is 4.79 Å². The quantitative estimate of drug-likeness (QED) is 0.877. The van der Waals surface area contributed by atoms with Gasteiger partial charge in [-0.05, 0) is 33.6 Å². The van der Waals surface area contributed by atoms with Crippen LogP contribution in [0.3, 0.4) is 0 Å². The summed E-state index contributed by atoms with van der Waals surface area (Å²) in [4.78, 5) is 10.3. The molecule has 1 aromatic carbocycles. The molecule has 76 valence electrons. The van der Waals surface area contributed by atoms with Gasteiger partial charge in [-0.2, -0.15) is 0 Å². The lowest BCUT2D eigenvalue weighted by Gasteiger charge is -2.08. The monoisotopic (exact) mass is 262 g/mol. The number of aliphatic hydroxyl groups is 1. The Kier molecular flexibility index (Phi) is 3.60. The van der Waals surface area contributed by atoms with E-state index in [1.807, 2.05) is 0 Å². The molecule has 5 heteroatoms. The van der Waals surface area contributed by atoms with E-state index >= 15 is 0 Å². The fourth-order valence-corrected chi connectivity index (χ4v) is 1.40. The van der Waals surface area contributed by atoms with Crippen molar-refractivity contribution in [2.24, 2.45) is 0 Å². The first-order valence-electron chi connectivity index (χ1n) is 3.85. The minimum absolute atomic E-state index is 0.208. The Bertz CT molecular complexity index is 354. The maximum atomic E-state index is 12.8. The lowest BCUT2D eigenvalue weighted by atomic mass is 10.1. The van der Waals surface area contributed by atoms with Gasteiger partial charge in [-0.1, -0.05) is 6.07 Å². The van der Waals surface area contributed by atoms with Crippen LogP contribution in [0.25, 0.3) is 0 Å². The van der Waals surface area contributed by atoms with E-state index in [2.05, 4.69) is 15.9 Å². The number of carboxylic acid groups (broad SMARTS) is 1. The minimum Gasteiger partial charge on any atom is -0.481 e. The molecule has 2 N–H and O–H groups in total. The van der Waals surface area contributed by atoms with Crippen molar-refractivity contribution in [1.82, 2.24) is 0 Å². The van der Waals surface area contributed by atoms with Gasteiger partial charge in [0.25, 0.3) is 0 Å². The Hall–Kier alpha value is -0.940. The van der Waals surface area contributed by atoms with E-state index < -0.39 is 24.3 Å². The number of aliphatic carboxylic acids is 1. The summed E-state index contributed by atoms with van der Waals surface area (Å²) in [6.45, 7) is 0. The zero-order valence-electron chi connectivity index (χ0n) is 7.08. The third kappa shape index (κ3) is 2.78. The summed E-state index contributed by atoms with van der Waals surface area (Å²) in [6.07, 6.45) is -1.50. The van der Waals surface area contributed by atoms with Crippen LogP contribution >= 0.6 is 15.9 Å². The molecular formula is C9H8BrFO3. The predicted molar refractivity (Wildman–Crippen MR) is 51.3 cm³/mol. The van der Waals surface area contributed by atoms with Crippen LogP contribution in [0, 0.1) is 5.82 Å². The largest absolute Gasteiger partial charge is 0.481 e. The van der Waals surface area contributed by atoms with Crippen LogP contribution in [-0.4, -0.2) is 16.2 Å². The molecule has 1 atom stereocenters. The second-order valence-corrected chi connectivity index (χ2v) is 3.64. The molecule has 0 saturated carbocycles. The molecule has 0 radical (unpaired) electrons. The molecule has 0 heterocycles. The number of hydrogen-bond donors (Lipinski definition) is 2. The van der Waals surface area contributed by atoms with Gasteiger partial charge in [0, 0.05) is 0 Å². The molecule has 1 aromatic rings. The van der Waals surface area contributed by atoms with Crippen LogP contribution in [-0.2, 0) is 4.79 Å². The molecule has 0 spiro atoms. The molecule has 0 saturated heterocycles. The topological polar surface area (TPSA) is 57.5 Å². The average Bonchev–Trinajstić information content (AvgIpc) is 2.08. The summed E-state index contributed by atoms with van der Waals surface area (Å²) in [6, 6.07) is 3.89. The van der Waals surface area contributed by atoms with Gasteiger partial charge in [-0.25, -0.2) is 4.39 Å². The summed E-state index contributed by atoms with van der Waals surface area (Å²) in [7, 11) is 0. The predicted octanol–water partition coefficient (Wildman–Crippen LogP) is 2.10. The van der Waals surface area contributed by atoms with E-state index in [9.17, 15) is 14.3 Å². The maximum Gasteiger partial charge on any atom is 0.306 e. The first-order valence-corrected chi connectivity index (χ1v) is 4.65. The Labute approximate surface area is 88.3 Å². The van der Waals surface area contributed by atoms with Crippen molar-refractivity contribution in [2.75, 3.05) is 0 Å².